The molecule has 4 rings (SSSR count). The van der Waals surface area contributed by atoms with Crippen molar-refractivity contribution in [3.63, 3.8) is 0 Å². The molecule has 0 spiro atoms. The number of phenolic OH excluding ortho intramolecular Hbond substituents is 2. The van der Waals surface area contributed by atoms with Crippen molar-refractivity contribution in [3.05, 3.63) is 102 Å². The number of aryl methyl sites for hydroxylation is 1. The lowest BCUT2D eigenvalue weighted by Gasteiger charge is -2.15. The smallest absolute Gasteiger partial charge is 0.226 e. The summed E-state index contributed by atoms with van der Waals surface area (Å²) in [6.07, 6.45) is 3.52. The molecule has 1 aromatic heterocycles. The van der Waals surface area contributed by atoms with Gasteiger partial charge in [0.15, 0.2) is 11.5 Å². The van der Waals surface area contributed by atoms with E-state index in [1.807, 2.05) is 24.3 Å². The second kappa shape index (κ2) is 8.01. The fourth-order valence-electron chi connectivity index (χ4n) is 3.36. The van der Waals surface area contributed by atoms with E-state index in [2.05, 4.69) is 41.4 Å². The number of oxazole rings is 1. The zero-order valence-electron chi connectivity index (χ0n) is 15.3. The van der Waals surface area contributed by atoms with E-state index in [0.29, 0.717) is 11.5 Å². The lowest BCUT2D eigenvalue weighted by atomic mass is 9.90. The topological polar surface area (TPSA) is 66.5 Å². The van der Waals surface area contributed by atoms with Crippen molar-refractivity contribution in [2.24, 2.45) is 0 Å². The zero-order valence-corrected chi connectivity index (χ0v) is 15.3. The van der Waals surface area contributed by atoms with Crippen LogP contribution in [0.2, 0.25) is 0 Å². The van der Waals surface area contributed by atoms with Crippen LogP contribution in [-0.2, 0) is 6.42 Å². The Labute approximate surface area is 163 Å². The van der Waals surface area contributed by atoms with Gasteiger partial charge in [-0.05, 0) is 42.2 Å². The van der Waals surface area contributed by atoms with Crippen LogP contribution in [0.5, 0.6) is 11.5 Å². The Morgan fingerprint density at radius 1 is 0.821 bits per heavy atom. The second-order valence-corrected chi connectivity index (χ2v) is 6.77. The summed E-state index contributed by atoms with van der Waals surface area (Å²) in [5, 5.41) is 19.3. The average Bonchev–Trinajstić information content (AvgIpc) is 3.22. The van der Waals surface area contributed by atoms with Crippen LogP contribution in [0.1, 0.15) is 29.2 Å². The van der Waals surface area contributed by atoms with Gasteiger partial charge in [0.05, 0.1) is 5.69 Å². The summed E-state index contributed by atoms with van der Waals surface area (Å²) in [6.45, 7) is 0. The van der Waals surface area contributed by atoms with E-state index in [4.69, 9.17) is 4.42 Å². The molecule has 0 bridgehead atoms. The van der Waals surface area contributed by atoms with Crippen molar-refractivity contribution in [3.8, 4) is 23.0 Å². The Morgan fingerprint density at radius 3 is 2.25 bits per heavy atom. The van der Waals surface area contributed by atoms with Crippen LogP contribution in [0, 0.1) is 0 Å². The lowest BCUT2D eigenvalue weighted by molar-refractivity contribution is 0.403. The molecular formula is C24H21NO3. The van der Waals surface area contributed by atoms with Crippen LogP contribution in [-0.4, -0.2) is 15.2 Å². The third kappa shape index (κ3) is 3.91. The van der Waals surface area contributed by atoms with Crippen molar-refractivity contribution in [1.29, 1.82) is 0 Å². The summed E-state index contributed by atoms with van der Waals surface area (Å²) in [5.41, 5.74) is 3.95. The molecule has 2 N–H and O–H groups in total. The molecule has 4 nitrogen and oxygen atoms in total. The Bertz CT molecular complexity index is 1040. The Balaban J connectivity index is 1.63. The lowest BCUT2D eigenvalue weighted by Crippen LogP contribution is -2.03. The molecule has 1 heterocycles. The van der Waals surface area contributed by atoms with Gasteiger partial charge in [0.1, 0.15) is 6.26 Å². The first-order valence-electron chi connectivity index (χ1n) is 9.27. The number of hydrogen-bond acceptors (Lipinski definition) is 4. The van der Waals surface area contributed by atoms with Gasteiger partial charge in [0.25, 0.3) is 0 Å². The Morgan fingerprint density at radius 2 is 1.54 bits per heavy atom. The number of aromatic nitrogens is 1. The maximum atomic E-state index is 9.75. The number of phenols is 2. The first-order valence-corrected chi connectivity index (χ1v) is 9.27. The monoisotopic (exact) mass is 371 g/mol. The largest absolute Gasteiger partial charge is 0.504 e. The van der Waals surface area contributed by atoms with E-state index in [9.17, 15) is 10.2 Å². The molecule has 140 valence electrons. The van der Waals surface area contributed by atoms with Gasteiger partial charge in [-0.1, -0.05) is 60.7 Å². The van der Waals surface area contributed by atoms with Crippen LogP contribution >= 0.6 is 0 Å². The van der Waals surface area contributed by atoms with Gasteiger partial charge in [-0.3, -0.25) is 0 Å². The van der Waals surface area contributed by atoms with Crippen LogP contribution in [0.4, 0.5) is 0 Å². The number of benzene rings is 3. The molecule has 0 aliphatic rings. The summed E-state index contributed by atoms with van der Waals surface area (Å²) >= 11 is 0. The van der Waals surface area contributed by atoms with Crippen molar-refractivity contribution >= 4 is 0 Å². The van der Waals surface area contributed by atoms with Gasteiger partial charge >= 0.3 is 0 Å². The standard InChI is InChI=1S/C24H21NO3/c26-22-14-12-19(15-23(22)27)24-25-21(16-28-24)20(18-9-5-2-6-10-18)13-11-17-7-3-1-4-8-17/h1-10,12,14-16,20,26-27H,11,13H2/t20-/m0/s1. The highest BCUT2D eigenvalue weighted by Crippen LogP contribution is 2.33. The van der Waals surface area contributed by atoms with Crippen molar-refractivity contribution in [1.82, 2.24) is 4.98 Å². The van der Waals surface area contributed by atoms with Gasteiger partial charge in [0, 0.05) is 11.5 Å². The van der Waals surface area contributed by atoms with E-state index in [-0.39, 0.29) is 17.4 Å². The van der Waals surface area contributed by atoms with E-state index >= 15 is 0 Å². The molecule has 1 atom stereocenters. The van der Waals surface area contributed by atoms with Gasteiger partial charge in [-0.2, -0.15) is 0 Å². The highest BCUT2D eigenvalue weighted by molar-refractivity contribution is 5.59. The summed E-state index contributed by atoms with van der Waals surface area (Å²) < 4.78 is 5.70. The number of aromatic hydroxyl groups is 2. The van der Waals surface area contributed by atoms with E-state index in [0.717, 1.165) is 18.5 Å². The zero-order chi connectivity index (χ0) is 19.3. The first-order chi connectivity index (χ1) is 13.7. The van der Waals surface area contributed by atoms with Gasteiger partial charge in [0.2, 0.25) is 5.89 Å². The molecule has 0 amide bonds. The molecular weight excluding hydrogens is 350 g/mol. The molecule has 28 heavy (non-hydrogen) atoms. The molecule has 0 unspecified atom stereocenters. The predicted octanol–water partition coefficient (Wildman–Crippen LogP) is 5.52. The minimum absolute atomic E-state index is 0.101. The highest BCUT2D eigenvalue weighted by Gasteiger charge is 2.19. The van der Waals surface area contributed by atoms with Gasteiger partial charge in [-0.15, -0.1) is 0 Å². The minimum Gasteiger partial charge on any atom is -0.504 e. The fraction of sp³-hybridized carbons (Fsp3) is 0.125. The maximum Gasteiger partial charge on any atom is 0.226 e. The van der Waals surface area contributed by atoms with Gasteiger partial charge < -0.3 is 14.6 Å². The van der Waals surface area contributed by atoms with Crippen LogP contribution in [0.15, 0.2) is 89.5 Å². The Kier molecular flexibility index (Phi) is 5.11. The molecule has 4 heteroatoms. The highest BCUT2D eigenvalue weighted by atomic mass is 16.3. The maximum absolute atomic E-state index is 9.75. The second-order valence-electron chi connectivity index (χ2n) is 6.77. The summed E-state index contributed by atoms with van der Waals surface area (Å²) in [6, 6.07) is 25.2. The van der Waals surface area contributed by atoms with Crippen molar-refractivity contribution in [2.45, 2.75) is 18.8 Å². The first kappa shape index (κ1) is 17.9. The molecule has 4 aromatic rings. The fourth-order valence-corrected chi connectivity index (χ4v) is 3.36. The number of rotatable bonds is 6. The predicted molar refractivity (Wildman–Crippen MR) is 108 cm³/mol. The van der Waals surface area contributed by atoms with Crippen molar-refractivity contribution in [2.75, 3.05) is 0 Å². The number of nitrogens with zero attached hydrogens (tertiary/aromatic N) is 1. The normalized spacial score (nSPS) is 12.0. The average molecular weight is 371 g/mol. The van der Waals surface area contributed by atoms with Crippen LogP contribution < -0.4 is 0 Å². The Hall–Kier alpha value is -3.53. The molecule has 0 aliphatic carbocycles. The van der Waals surface area contributed by atoms with Crippen LogP contribution in [0.25, 0.3) is 11.5 Å². The minimum atomic E-state index is -0.194. The van der Waals surface area contributed by atoms with E-state index in [1.54, 1.807) is 12.3 Å². The van der Waals surface area contributed by atoms with E-state index in [1.165, 1.54) is 23.3 Å². The van der Waals surface area contributed by atoms with Crippen molar-refractivity contribution < 1.29 is 14.6 Å². The SMILES string of the molecule is Oc1ccc(-c2nc([C@@H](CCc3ccccc3)c3ccccc3)co2)cc1O. The molecule has 3 aromatic carbocycles. The molecule has 0 saturated heterocycles. The van der Waals surface area contributed by atoms with Gasteiger partial charge in [-0.25, -0.2) is 4.98 Å². The molecule has 0 aliphatic heterocycles. The molecule has 0 saturated carbocycles. The quantitative estimate of drug-likeness (QED) is 0.438. The number of hydrogen-bond donors (Lipinski definition) is 2. The summed E-state index contributed by atoms with van der Waals surface area (Å²) in [4.78, 5) is 4.68. The molecule has 0 radical (unpaired) electrons. The van der Waals surface area contributed by atoms with E-state index < -0.39 is 0 Å². The summed E-state index contributed by atoms with van der Waals surface area (Å²) in [7, 11) is 0. The third-order valence-corrected chi connectivity index (χ3v) is 4.87. The van der Waals surface area contributed by atoms with Crippen LogP contribution in [0.3, 0.4) is 0 Å². The third-order valence-electron chi connectivity index (χ3n) is 4.87. The summed E-state index contributed by atoms with van der Waals surface area (Å²) in [5.74, 6) is 0.164. The molecule has 0 fully saturated rings.